The summed E-state index contributed by atoms with van der Waals surface area (Å²) in [5.41, 5.74) is -0.740. The minimum Gasteiger partial charge on any atom is -0.393 e. The van der Waals surface area contributed by atoms with Crippen LogP contribution in [0.4, 0.5) is 0 Å². The van der Waals surface area contributed by atoms with Gasteiger partial charge in [0, 0.05) is 0 Å². The SMILES string of the molecule is CC(C)C(OC1(CO)CC1)(C(C)C)P(=O)(O)O. The smallest absolute Gasteiger partial charge is 0.357 e. The van der Waals surface area contributed by atoms with Gasteiger partial charge in [-0.15, -0.1) is 0 Å². The molecule has 102 valence electrons. The zero-order chi connectivity index (χ0) is 13.5. The summed E-state index contributed by atoms with van der Waals surface area (Å²) in [5.74, 6) is -0.653. The predicted molar refractivity (Wildman–Crippen MR) is 64.6 cm³/mol. The summed E-state index contributed by atoms with van der Waals surface area (Å²) < 4.78 is 17.6. The van der Waals surface area contributed by atoms with Crippen molar-refractivity contribution in [2.75, 3.05) is 6.61 Å². The summed E-state index contributed by atoms with van der Waals surface area (Å²) in [6, 6.07) is 0. The van der Waals surface area contributed by atoms with Crippen LogP contribution in [0, 0.1) is 11.8 Å². The largest absolute Gasteiger partial charge is 0.393 e. The van der Waals surface area contributed by atoms with Gasteiger partial charge in [-0.05, 0) is 24.7 Å². The lowest BCUT2D eigenvalue weighted by Crippen LogP contribution is -2.47. The van der Waals surface area contributed by atoms with Crippen LogP contribution in [0.5, 0.6) is 0 Å². The minimum absolute atomic E-state index is 0.186. The zero-order valence-electron chi connectivity index (χ0n) is 10.9. The molecule has 1 saturated carbocycles. The van der Waals surface area contributed by atoms with E-state index in [9.17, 15) is 19.5 Å². The number of hydrogen-bond acceptors (Lipinski definition) is 3. The summed E-state index contributed by atoms with van der Waals surface area (Å²) in [7, 11) is -4.42. The van der Waals surface area contributed by atoms with Crippen LogP contribution in [0.1, 0.15) is 40.5 Å². The molecule has 0 aromatic carbocycles. The van der Waals surface area contributed by atoms with Gasteiger partial charge in [-0.3, -0.25) is 4.57 Å². The second-order valence-corrected chi connectivity index (χ2v) is 7.34. The van der Waals surface area contributed by atoms with Crippen molar-refractivity contribution in [1.29, 1.82) is 0 Å². The highest BCUT2D eigenvalue weighted by Gasteiger charge is 2.60. The third-order valence-electron chi connectivity index (χ3n) is 3.59. The van der Waals surface area contributed by atoms with Crippen LogP contribution < -0.4 is 0 Å². The lowest BCUT2D eigenvalue weighted by atomic mass is 9.94. The van der Waals surface area contributed by atoms with Crippen LogP contribution in [-0.4, -0.2) is 32.4 Å². The van der Waals surface area contributed by atoms with Crippen molar-refractivity contribution >= 4 is 7.60 Å². The molecule has 6 heteroatoms. The Morgan fingerprint density at radius 1 is 1.24 bits per heavy atom. The summed E-state index contributed by atoms with van der Waals surface area (Å²) in [4.78, 5) is 19.3. The highest BCUT2D eigenvalue weighted by molar-refractivity contribution is 7.53. The Labute approximate surface area is 102 Å². The van der Waals surface area contributed by atoms with Crippen LogP contribution >= 0.6 is 7.60 Å². The van der Waals surface area contributed by atoms with Crippen LogP contribution in [0.3, 0.4) is 0 Å². The van der Waals surface area contributed by atoms with Crippen molar-refractivity contribution in [3.8, 4) is 0 Å². The topological polar surface area (TPSA) is 87.0 Å². The van der Waals surface area contributed by atoms with Crippen molar-refractivity contribution in [2.24, 2.45) is 11.8 Å². The van der Waals surface area contributed by atoms with Crippen molar-refractivity contribution < 1.29 is 24.2 Å². The summed E-state index contributed by atoms with van der Waals surface area (Å²) in [5, 5.41) is 7.76. The molecule has 1 rings (SSSR count). The number of aliphatic hydroxyl groups excluding tert-OH is 1. The molecule has 5 nitrogen and oxygen atoms in total. The fraction of sp³-hybridized carbons (Fsp3) is 1.00. The molecule has 0 amide bonds. The molecule has 0 saturated heterocycles. The van der Waals surface area contributed by atoms with Gasteiger partial charge in [0.2, 0.25) is 0 Å². The van der Waals surface area contributed by atoms with Gasteiger partial charge in [-0.2, -0.15) is 0 Å². The first-order valence-electron chi connectivity index (χ1n) is 5.98. The minimum atomic E-state index is -4.42. The maximum absolute atomic E-state index is 11.8. The van der Waals surface area contributed by atoms with Crippen LogP contribution in [0.25, 0.3) is 0 Å². The van der Waals surface area contributed by atoms with Gasteiger partial charge in [-0.1, -0.05) is 27.7 Å². The molecule has 1 aliphatic rings. The molecule has 0 aliphatic heterocycles. The van der Waals surface area contributed by atoms with Crippen LogP contribution in [-0.2, 0) is 9.30 Å². The lowest BCUT2D eigenvalue weighted by Gasteiger charge is -2.43. The Morgan fingerprint density at radius 2 is 1.65 bits per heavy atom. The standard InChI is InChI=1S/C11H23O5P/c1-8(2)11(9(3)4,17(13,14)15)16-10(7-12)5-6-10/h8-9,12H,5-7H2,1-4H3,(H2,13,14,15). The molecule has 3 N–H and O–H groups in total. The Balaban J connectivity index is 3.13. The highest BCUT2D eigenvalue weighted by Crippen LogP contribution is 2.62. The average Bonchev–Trinajstić information content (AvgIpc) is 2.91. The van der Waals surface area contributed by atoms with Gasteiger partial charge in [-0.25, -0.2) is 0 Å². The molecule has 0 radical (unpaired) electrons. The molecular formula is C11H23O5P. The van der Waals surface area contributed by atoms with Crippen LogP contribution in [0.2, 0.25) is 0 Å². The fourth-order valence-corrected chi connectivity index (χ4v) is 4.07. The van der Waals surface area contributed by atoms with E-state index in [0.717, 1.165) is 0 Å². The Bertz CT molecular complexity index is 308. The van der Waals surface area contributed by atoms with E-state index >= 15 is 0 Å². The van der Waals surface area contributed by atoms with Gasteiger partial charge < -0.3 is 19.6 Å². The number of rotatable bonds is 6. The second kappa shape index (κ2) is 4.63. The lowest BCUT2D eigenvalue weighted by molar-refractivity contribution is -0.133. The van der Waals surface area contributed by atoms with Crippen LogP contribution in [0.15, 0.2) is 0 Å². The highest BCUT2D eigenvalue weighted by atomic mass is 31.2. The summed E-state index contributed by atoms with van der Waals surface area (Å²) in [6.45, 7) is 6.78. The average molecular weight is 266 g/mol. The van der Waals surface area contributed by atoms with E-state index in [2.05, 4.69) is 0 Å². The first-order valence-corrected chi connectivity index (χ1v) is 7.59. The molecule has 0 aromatic rings. The van der Waals surface area contributed by atoms with E-state index in [0.29, 0.717) is 12.8 Å². The van der Waals surface area contributed by atoms with E-state index in [1.54, 1.807) is 27.7 Å². The van der Waals surface area contributed by atoms with E-state index in [4.69, 9.17) is 4.74 Å². The van der Waals surface area contributed by atoms with E-state index < -0.39 is 18.5 Å². The maximum atomic E-state index is 11.8. The fourth-order valence-electron chi connectivity index (χ4n) is 2.41. The number of hydrogen-bond donors (Lipinski definition) is 3. The first-order chi connectivity index (χ1) is 7.61. The summed E-state index contributed by atoms with van der Waals surface area (Å²) in [6.07, 6.45) is 1.31. The zero-order valence-corrected chi connectivity index (χ0v) is 11.8. The van der Waals surface area contributed by atoms with Crippen molar-refractivity contribution in [3.05, 3.63) is 0 Å². The van der Waals surface area contributed by atoms with E-state index in [1.807, 2.05) is 0 Å². The molecule has 0 heterocycles. The van der Waals surface area contributed by atoms with Gasteiger partial charge >= 0.3 is 7.60 Å². The molecule has 0 bridgehead atoms. The molecule has 1 fully saturated rings. The first kappa shape index (κ1) is 15.1. The van der Waals surface area contributed by atoms with Gasteiger partial charge in [0.15, 0.2) is 5.34 Å². The molecular weight excluding hydrogens is 243 g/mol. The Morgan fingerprint density at radius 3 is 1.82 bits per heavy atom. The normalized spacial score (nSPS) is 20.1. The number of aliphatic hydroxyl groups is 1. The summed E-state index contributed by atoms with van der Waals surface area (Å²) >= 11 is 0. The van der Waals surface area contributed by atoms with E-state index in [1.165, 1.54) is 0 Å². The predicted octanol–water partition coefficient (Wildman–Crippen LogP) is 1.71. The second-order valence-electron chi connectivity index (χ2n) is 5.55. The third kappa shape index (κ3) is 2.59. The molecule has 0 aromatic heterocycles. The van der Waals surface area contributed by atoms with Gasteiger partial charge in [0.1, 0.15) is 0 Å². The number of ether oxygens (including phenoxy) is 1. The van der Waals surface area contributed by atoms with Crippen molar-refractivity contribution in [1.82, 2.24) is 0 Å². The quantitative estimate of drug-likeness (QED) is 0.637. The Kier molecular flexibility index (Phi) is 4.12. The maximum Gasteiger partial charge on any atom is 0.357 e. The Hall–Kier alpha value is 0.0700. The van der Waals surface area contributed by atoms with Crippen molar-refractivity contribution in [2.45, 2.75) is 51.5 Å². The monoisotopic (exact) mass is 266 g/mol. The molecule has 1 aliphatic carbocycles. The van der Waals surface area contributed by atoms with Gasteiger partial charge in [0.05, 0.1) is 12.2 Å². The van der Waals surface area contributed by atoms with Gasteiger partial charge in [0.25, 0.3) is 0 Å². The third-order valence-corrected chi connectivity index (χ3v) is 5.62. The van der Waals surface area contributed by atoms with Crippen molar-refractivity contribution in [3.63, 3.8) is 0 Å². The molecule has 0 unspecified atom stereocenters. The molecule has 17 heavy (non-hydrogen) atoms. The molecule has 0 atom stereocenters. The molecule has 0 spiro atoms. The van der Waals surface area contributed by atoms with E-state index in [-0.39, 0.29) is 18.4 Å².